The predicted molar refractivity (Wildman–Crippen MR) is 101 cm³/mol. The van der Waals surface area contributed by atoms with E-state index in [0.717, 1.165) is 4.90 Å². The molecule has 0 aromatic heterocycles. The zero-order chi connectivity index (χ0) is 21.2. The number of carbonyl (C=O) groups is 3. The third-order valence-electron chi connectivity index (χ3n) is 4.82. The third kappa shape index (κ3) is 4.82. The van der Waals surface area contributed by atoms with Crippen LogP contribution in [-0.2, 0) is 29.1 Å². The number of amides is 2. The highest BCUT2D eigenvalue weighted by atomic mass is 32.2. The quantitative estimate of drug-likeness (QED) is 0.643. The Morgan fingerprint density at radius 3 is 2.31 bits per heavy atom. The van der Waals surface area contributed by atoms with Crippen molar-refractivity contribution in [1.29, 1.82) is 0 Å². The fourth-order valence-corrected chi connectivity index (χ4v) is 5.03. The maximum atomic E-state index is 12.8. The lowest BCUT2D eigenvalue weighted by atomic mass is 10.2. The highest BCUT2D eigenvalue weighted by Crippen LogP contribution is 2.21. The number of benzene rings is 1. The van der Waals surface area contributed by atoms with Crippen LogP contribution in [0, 0.1) is 0 Å². The first-order valence-electron chi connectivity index (χ1n) is 9.44. The Morgan fingerprint density at radius 1 is 1.14 bits per heavy atom. The first-order valence-corrected chi connectivity index (χ1v) is 10.9. The summed E-state index contributed by atoms with van der Waals surface area (Å²) >= 11 is 0. The molecule has 0 aliphatic carbocycles. The highest BCUT2D eigenvalue weighted by molar-refractivity contribution is 7.89. The molecule has 0 bridgehead atoms. The van der Waals surface area contributed by atoms with Gasteiger partial charge in [0.2, 0.25) is 15.9 Å². The molecule has 3 rings (SSSR count). The second-order valence-electron chi connectivity index (χ2n) is 7.22. The molecule has 0 saturated carbocycles. The summed E-state index contributed by atoms with van der Waals surface area (Å²) in [6, 6.07) is 5.35. The molecule has 0 spiro atoms. The van der Waals surface area contributed by atoms with Gasteiger partial charge in [-0.05, 0) is 44.5 Å². The largest absolute Gasteiger partial charge is 0.452 e. The van der Waals surface area contributed by atoms with Crippen LogP contribution in [0.1, 0.15) is 37.0 Å². The fourth-order valence-electron chi connectivity index (χ4n) is 3.44. The molecule has 9 nitrogen and oxygen atoms in total. The van der Waals surface area contributed by atoms with Gasteiger partial charge in [-0.1, -0.05) is 0 Å². The van der Waals surface area contributed by atoms with Gasteiger partial charge in [0.25, 0.3) is 5.91 Å². The van der Waals surface area contributed by atoms with Crippen molar-refractivity contribution in [3.63, 3.8) is 0 Å². The topological polar surface area (TPSA) is 110 Å². The van der Waals surface area contributed by atoms with Crippen LogP contribution in [0.25, 0.3) is 0 Å². The van der Waals surface area contributed by atoms with E-state index in [4.69, 9.17) is 9.47 Å². The molecular formula is C19H24N2O7S. The molecule has 2 aliphatic rings. The smallest absolute Gasteiger partial charge is 0.338 e. The lowest BCUT2D eigenvalue weighted by Crippen LogP contribution is -2.48. The lowest BCUT2D eigenvalue weighted by molar-refractivity contribution is -0.143. The normalized spacial score (nSPS) is 23.2. The number of esters is 1. The summed E-state index contributed by atoms with van der Waals surface area (Å²) in [4.78, 5) is 36.7. The van der Waals surface area contributed by atoms with Crippen molar-refractivity contribution in [1.82, 2.24) is 9.21 Å². The number of ether oxygens (including phenoxy) is 2. The highest BCUT2D eigenvalue weighted by Gasteiger charge is 2.32. The Labute approximate surface area is 169 Å². The van der Waals surface area contributed by atoms with E-state index in [0.29, 0.717) is 19.4 Å². The molecule has 2 amide bonds. The van der Waals surface area contributed by atoms with Crippen LogP contribution >= 0.6 is 0 Å². The summed E-state index contributed by atoms with van der Waals surface area (Å²) in [6.45, 7) is 3.94. The Kier molecular flexibility index (Phi) is 6.35. The van der Waals surface area contributed by atoms with Crippen molar-refractivity contribution in [3.8, 4) is 0 Å². The third-order valence-corrected chi connectivity index (χ3v) is 6.66. The number of carbonyl (C=O) groups excluding carboxylic acids is 3. The van der Waals surface area contributed by atoms with E-state index in [2.05, 4.69) is 0 Å². The standard InChI is InChI=1S/C19H24N2O7S/c1-13-10-20(11-14(2)28-13)29(25,26)16-7-5-15(6-8-16)19(24)27-12-18(23)21-9-3-4-17(21)22/h5-8,13-14H,3-4,9-12H2,1-2H3. The van der Waals surface area contributed by atoms with Gasteiger partial charge in [0.05, 0.1) is 22.7 Å². The lowest BCUT2D eigenvalue weighted by Gasteiger charge is -2.34. The summed E-state index contributed by atoms with van der Waals surface area (Å²) in [5, 5.41) is 0. The number of hydrogen-bond donors (Lipinski definition) is 0. The monoisotopic (exact) mass is 424 g/mol. The number of nitrogens with zero attached hydrogens (tertiary/aromatic N) is 2. The van der Waals surface area contributed by atoms with Gasteiger partial charge in [-0.25, -0.2) is 13.2 Å². The Morgan fingerprint density at radius 2 is 1.76 bits per heavy atom. The second kappa shape index (κ2) is 8.60. The van der Waals surface area contributed by atoms with Gasteiger partial charge in [0.1, 0.15) is 0 Å². The molecule has 2 unspecified atom stereocenters. The van der Waals surface area contributed by atoms with Gasteiger partial charge >= 0.3 is 5.97 Å². The van der Waals surface area contributed by atoms with Gasteiger partial charge in [0, 0.05) is 26.1 Å². The summed E-state index contributed by atoms with van der Waals surface area (Å²) < 4.78 is 37.5. The number of hydrogen-bond acceptors (Lipinski definition) is 7. The van der Waals surface area contributed by atoms with Crippen LogP contribution in [0.3, 0.4) is 0 Å². The zero-order valence-corrected chi connectivity index (χ0v) is 17.2. The van der Waals surface area contributed by atoms with E-state index < -0.39 is 28.5 Å². The van der Waals surface area contributed by atoms with E-state index in [1.54, 1.807) is 0 Å². The maximum Gasteiger partial charge on any atom is 0.338 e. The number of likely N-dealkylation sites (tertiary alicyclic amines) is 1. The van der Waals surface area contributed by atoms with Gasteiger partial charge in [-0.2, -0.15) is 4.31 Å². The average Bonchev–Trinajstić information content (AvgIpc) is 3.11. The Bertz CT molecular complexity index is 888. The van der Waals surface area contributed by atoms with E-state index in [9.17, 15) is 22.8 Å². The first-order chi connectivity index (χ1) is 13.7. The molecule has 29 heavy (non-hydrogen) atoms. The molecule has 0 radical (unpaired) electrons. The molecule has 10 heteroatoms. The van der Waals surface area contributed by atoms with Crippen molar-refractivity contribution < 1.29 is 32.3 Å². The predicted octanol–water partition coefficient (Wildman–Crippen LogP) is 0.790. The summed E-state index contributed by atoms with van der Waals surface area (Å²) in [5.41, 5.74) is 0.119. The Balaban J connectivity index is 1.62. The van der Waals surface area contributed by atoms with Crippen LogP contribution in [-0.4, -0.2) is 73.9 Å². The number of morpholine rings is 1. The van der Waals surface area contributed by atoms with Crippen LogP contribution in [0.5, 0.6) is 0 Å². The fraction of sp³-hybridized carbons (Fsp3) is 0.526. The number of imide groups is 1. The molecule has 2 heterocycles. The molecule has 2 aliphatic heterocycles. The second-order valence-corrected chi connectivity index (χ2v) is 9.16. The molecule has 2 saturated heterocycles. The zero-order valence-electron chi connectivity index (χ0n) is 16.4. The van der Waals surface area contributed by atoms with Crippen molar-refractivity contribution in [3.05, 3.63) is 29.8 Å². The molecule has 1 aromatic carbocycles. The summed E-state index contributed by atoms with van der Waals surface area (Å²) in [7, 11) is -3.71. The van der Waals surface area contributed by atoms with Crippen LogP contribution in [0.2, 0.25) is 0 Å². The molecule has 1 aromatic rings. The van der Waals surface area contributed by atoms with Crippen molar-refractivity contribution >= 4 is 27.8 Å². The maximum absolute atomic E-state index is 12.8. The van der Waals surface area contributed by atoms with Gasteiger partial charge in [-0.3, -0.25) is 14.5 Å². The van der Waals surface area contributed by atoms with Crippen LogP contribution < -0.4 is 0 Å². The summed E-state index contributed by atoms with van der Waals surface area (Å²) in [6.07, 6.45) is 0.511. The molecule has 0 N–H and O–H groups in total. The van der Waals surface area contributed by atoms with E-state index >= 15 is 0 Å². The van der Waals surface area contributed by atoms with Gasteiger partial charge in [0.15, 0.2) is 6.61 Å². The van der Waals surface area contributed by atoms with Crippen LogP contribution in [0.4, 0.5) is 0 Å². The molecule has 158 valence electrons. The minimum absolute atomic E-state index is 0.0640. The van der Waals surface area contributed by atoms with E-state index in [-0.39, 0.29) is 41.7 Å². The van der Waals surface area contributed by atoms with E-state index in [1.165, 1.54) is 28.6 Å². The van der Waals surface area contributed by atoms with Crippen molar-refractivity contribution in [2.75, 3.05) is 26.2 Å². The molecular weight excluding hydrogens is 400 g/mol. The molecule has 2 atom stereocenters. The van der Waals surface area contributed by atoms with E-state index in [1.807, 2.05) is 13.8 Å². The average molecular weight is 424 g/mol. The SMILES string of the molecule is CC1CN(S(=O)(=O)c2ccc(C(=O)OCC(=O)N3CCCC3=O)cc2)CC(C)O1. The number of sulfonamides is 1. The minimum atomic E-state index is -3.71. The number of rotatable bonds is 5. The van der Waals surface area contributed by atoms with Crippen molar-refractivity contribution in [2.45, 2.75) is 43.8 Å². The van der Waals surface area contributed by atoms with Gasteiger partial charge < -0.3 is 9.47 Å². The van der Waals surface area contributed by atoms with Crippen molar-refractivity contribution in [2.24, 2.45) is 0 Å². The van der Waals surface area contributed by atoms with Crippen LogP contribution in [0.15, 0.2) is 29.2 Å². The first kappa shape index (κ1) is 21.4. The van der Waals surface area contributed by atoms with Gasteiger partial charge in [-0.15, -0.1) is 0 Å². The minimum Gasteiger partial charge on any atom is -0.452 e. The molecule has 2 fully saturated rings. The Hall–Kier alpha value is -2.30. The summed E-state index contributed by atoms with van der Waals surface area (Å²) in [5.74, 6) is -1.59.